The van der Waals surface area contributed by atoms with Gasteiger partial charge in [-0.15, -0.1) is 0 Å². The van der Waals surface area contributed by atoms with Crippen molar-refractivity contribution < 1.29 is 9.28 Å². The van der Waals surface area contributed by atoms with Crippen molar-refractivity contribution in [3.63, 3.8) is 0 Å². The van der Waals surface area contributed by atoms with E-state index >= 15 is 0 Å². The molecule has 2 atom stereocenters. The van der Waals surface area contributed by atoms with Crippen molar-refractivity contribution in [2.24, 2.45) is 0 Å². The zero-order valence-electron chi connectivity index (χ0n) is 17.2. The number of likely N-dealkylation sites (N-methyl/N-ethyl adjacent to an activating group) is 1. The molecule has 1 aromatic rings. The molecule has 0 aliphatic heterocycles. The van der Waals surface area contributed by atoms with Crippen LogP contribution in [0.1, 0.15) is 65.0 Å². The van der Waals surface area contributed by atoms with Crippen LogP contribution in [0.2, 0.25) is 0 Å². The number of hydrogen-bond donors (Lipinski definition) is 1. The minimum absolute atomic E-state index is 0.0222. The third kappa shape index (κ3) is 5.94. The van der Waals surface area contributed by atoms with Crippen LogP contribution in [-0.4, -0.2) is 36.6 Å². The molecule has 1 amide bonds. The zero-order valence-corrected chi connectivity index (χ0v) is 17.2. The van der Waals surface area contributed by atoms with Crippen molar-refractivity contribution in [2.45, 2.75) is 73.8 Å². The average molecular weight is 336 g/mol. The van der Waals surface area contributed by atoms with Gasteiger partial charge in [0.1, 0.15) is 0 Å². The number of benzene rings is 1. The van der Waals surface area contributed by atoms with Gasteiger partial charge in [0, 0.05) is 12.1 Å². The molecule has 1 N–H and O–H groups in total. The lowest BCUT2D eigenvalue weighted by molar-refractivity contribution is -0.923. The highest BCUT2D eigenvalue weighted by Crippen LogP contribution is 2.23. The van der Waals surface area contributed by atoms with E-state index in [1.165, 1.54) is 0 Å². The first-order chi connectivity index (χ1) is 11.4. The Hall–Kier alpha value is -1.35. The molecule has 3 heteroatoms. The van der Waals surface area contributed by atoms with E-state index in [4.69, 9.17) is 0 Å². The Morgan fingerprint density at radius 1 is 1.08 bits per heavy atom. The maximum Gasteiger partial charge on any atom is 0.282 e. The summed E-state index contributed by atoms with van der Waals surface area (Å²) in [6, 6.07) is 6.16. The summed E-state index contributed by atoms with van der Waals surface area (Å²) in [5, 5.41) is 3.21. The molecule has 0 saturated heterocycles. The fourth-order valence-corrected chi connectivity index (χ4v) is 3.26. The molecule has 2 unspecified atom stereocenters. The van der Waals surface area contributed by atoms with E-state index < -0.39 is 0 Å². The van der Waals surface area contributed by atoms with Gasteiger partial charge in [0.15, 0.2) is 6.04 Å². The number of aryl methyl sites for hydroxylation is 2. The second kappa shape index (κ2) is 11.2. The van der Waals surface area contributed by atoms with Crippen molar-refractivity contribution in [3.8, 4) is 0 Å². The molecule has 1 rings (SSSR count). The highest BCUT2D eigenvalue weighted by atomic mass is 16.2. The van der Waals surface area contributed by atoms with Crippen LogP contribution in [0.3, 0.4) is 0 Å². The summed E-state index contributed by atoms with van der Waals surface area (Å²) in [6.45, 7) is 16.7. The van der Waals surface area contributed by atoms with Crippen LogP contribution in [0.5, 0.6) is 0 Å². The molecule has 1 aromatic carbocycles. The molecule has 138 valence electrons. The predicted octanol–water partition coefficient (Wildman–Crippen LogP) is 5.31. The summed E-state index contributed by atoms with van der Waals surface area (Å²) in [4.78, 5) is 13.0. The highest BCUT2D eigenvalue weighted by Gasteiger charge is 2.36. The molecule has 24 heavy (non-hydrogen) atoms. The summed E-state index contributed by atoms with van der Waals surface area (Å²) >= 11 is 0. The van der Waals surface area contributed by atoms with Crippen molar-refractivity contribution >= 4 is 11.6 Å². The first-order valence-electron chi connectivity index (χ1n) is 9.60. The van der Waals surface area contributed by atoms with E-state index in [9.17, 15) is 4.79 Å². The Labute approximate surface area is 150 Å². The van der Waals surface area contributed by atoms with Crippen LogP contribution in [0, 0.1) is 13.8 Å². The van der Waals surface area contributed by atoms with Crippen LogP contribution < -0.4 is 5.32 Å². The Balaban J connectivity index is 0.00000254. The van der Waals surface area contributed by atoms with Gasteiger partial charge < -0.3 is 9.80 Å². The van der Waals surface area contributed by atoms with Crippen molar-refractivity contribution in [2.75, 3.05) is 25.5 Å². The second-order valence-corrected chi connectivity index (χ2v) is 6.58. The standard InChI is InChI=1S/C19H32N2O.C2H6/c1-7-11-17(21(6,9-3)14-8-2)19(22)20-18-15(4)12-10-13-16(18)5;1-2/h10,12-13,17H,7-9,11,14H2,1-6H3;1-2H3/p+1. The summed E-state index contributed by atoms with van der Waals surface area (Å²) in [5.74, 6) is 0.164. The maximum atomic E-state index is 13.0. The number of para-hydroxylation sites is 1. The van der Waals surface area contributed by atoms with Crippen LogP contribution in [0.4, 0.5) is 5.69 Å². The van der Waals surface area contributed by atoms with Crippen LogP contribution in [0.25, 0.3) is 0 Å². The molecule has 0 aliphatic rings. The quantitative estimate of drug-likeness (QED) is 0.641. The monoisotopic (exact) mass is 335 g/mol. The zero-order chi connectivity index (χ0) is 18.8. The third-order valence-corrected chi connectivity index (χ3v) is 4.80. The van der Waals surface area contributed by atoms with E-state index in [-0.39, 0.29) is 11.9 Å². The number of rotatable bonds is 8. The molecule has 0 spiro atoms. The summed E-state index contributed by atoms with van der Waals surface area (Å²) in [5.41, 5.74) is 3.24. The third-order valence-electron chi connectivity index (χ3n) is 4.80. The van der Waals surface area contributed by atoms with Crippen LogP contribution in [-0.2, 0) is 4.79 Å². The van der Waals surface area contributed by atoms with Gasteiger partial charge in [0.2, 0.25) is 0 Å². The summed E-state index contributed by atoms with van der Waals surface area (Å²) in [7, 11) is 2.22. The number of amides is 1. The van der Waals surface area contributed by atoms with Gasteiger partial charge in [0.05, 0.1) is 20.1 Å². The molecule has 3 nitrogen and oxygen atoms in total. The lowest BCUT2D eigenvalue weighted by Crippen LogP contribution is -2.57. The van der Waals surface area contributed by atoms with Crippen molar-refractivity contribution in [1.29, 1.82) is 0 Å². The minimum atomic E-state index is 0.0222. The molecular weight excluding hydrogens is 296 g/mol. The predicted molar refractivity (Wildman–Crippen MR) is 106 cm³/mol. The number of carbonyl (C=O) groups is 1. The summed E-state index contributed by atoms with van der Waals surface area (Å²) in [6.07, 6.45) is 3.06. The Morgan fingerprint density at radius 3 is 2.04 bits per heavy atom. The molecule has 0 fully saturated rings. The van der Waals surface area contributed by atoms with E-state index in [0.717, 1.165) is 53.6 Å². The normalized spacial score (nSPS) is 14.2. The number of carbonyl (C=O) groups excluding carboxylic acids is 1. The van der Waals surface area contributed by atoms with Gasteiger partial charge in [-0.25, -0.2) is 0 Å². The molecule has 0 aliphatic carbocycles. The summed E-state index contributed by atoms with van der Waals surface area (Å²) < 4.78 is 0.821. The van der Waals surface area contributed by atoms with Crippen LogP contribution in [0.15, 0.2) is 18.2 Å². The fourth-order valence-electron chi connectivity index (χ4n) is 3.26. The fraction of sp³-hybridized carbons (Fsp3) is 0.667. The molecular formula is C21H39N2O+. The molecule has 0 saturated carbocycles. The van der Waals surface area contributed by atoms with Crippen molar-refractivity contribution in [1.82, 2.24) is 0 Å². The number of quaternary nitrogens is 1. The molecule has 0 aromatic heterocycles. The largest absolute Gasteiger partial charge is 0.320 e. The Bertz CT molecular complexity index is 478. The van der Waals surface area contributed by atoms with E-state index in [1.54, 1.807) is 0 Å². The minimum Gasteiger partial charge on any atom is -0.320 e. The highest BCUT2D eigenvalue weighted by molar-refractivity contribution is 5.95. The van der Waals surface area contributed by atoms with Gasteiger partial charge in [0.25, 0.3) is 5.91 Å². The Kier molecular flexibility index (Phi) is 10.6. The Morgan fingerprint density at radius 2 is 1.62 bits per heavy atom. The van der Waals surface area contributed by atoms with Gasteiger partial charge in [-0.05, 0) is 44.7 Å². The number of anilines is 1. The lowest BCUT2D eigenvalue weighted by atomic mass is 10.0. The topological polar surface area (TPSA) is 29.1 Å². The first kappa shape index (κ1) is 22.6. The first-order valence-corrected chi connectivity index (χ1v) is 9.60. The maximum absolute atomic E-state index is 13.0. The lowest BCUT2D eigenvalue weighted by Gasteiger charge is -2.40. The molecule has 0 heterocycles. The van der Waals surface area contributed by atoms with Crippen LogP contribution >= 0.6 is 0 Å². The molecule has 0 bridgehead atoms. The smallest absolute Gasteiger partial charge is 0.282 e. The van der Waals surface area contributed by atoms with E-state index in [2.05, 4.69) is 59.1 Å². The number of hydrogen-bond acceptors (Lipinski definition) is 1. The number of nitrogens with zero attached hydrogens (tertiary/aromatic N) is 1. The second-order valence-electron chi connectivity index (χ2n) is 6.58. The molecule has 0 radical (unpaired) electrons. The average Bonchev–Trinajstić information content (AvgIpc) is 2.58. The van der Waals surface area contributed by atoms with E-state index in [0.29, 0.717) is 0 Å². The van der Waals surface area contributed by atoms with Gasteiger partial charge in [-0.1, -0.05) is 45.9 Å². The van der Waals surface area contributed by atoms with Gasteiger partial charge >= 0.3 is 0 Å². The van der Waals surface area contributed by atoms with Gasteiger partial charge in [-0.2, -0.15) is 0 Å². The van der Waals surface area contributed by atoms with E-state index in [1.807, 2.05) is 19.9 Å². The number of nitrogens with one attached hydrogen (secondary N) is 1. The van der Waals surface area contributed by atoms with Gasteiger partial charge in [-0.3, -0.25) is 4.79 Å². The SMILES string of the molecule is CC.CCCC(C(=O)Nc1c(C)cccc1C)[N+](C)(CC)CCC. The van der Waals surface area contributed by atoms with Crippen molar-refractivity contribution in [3.05, 3.63) is 29.3 Å².